The van der Waals surface area contributed by atoms with E-state index in [9.17, 15) is 9.90 Å². The van der Waals surface area contributed by atoms with E-state index in [-0.39, 0.29) is 5.56 Å². The van der Waals surface area contributed by atoms with Crippen molar-refractivity contribution in [3.63, 3.8) is 0 Å². The van der Waals surface area contributed by atoms with Gasteiger partial charge in [-0.1, -0.05) is 78.3 Å². The first-order chi connectivity index (χ1) is 18.9. The van der Waals surface area contributed by atoms with Crippen molar-refractivity contribution >= 4 is 22.5 Å². The second-order valence-corrected chi connectivity index (χ2v) is 10.2. The Morgan fingerprint density at radius 3 is 2.18 bits per heavy atom. The SMILES string of the molecule is Cn1cncc1C(O)(c1ccc(Cl)cc1)c1ccc2c(c1)c(-c1cccc(-c3ccccc3)c1)cc(=O)n2C. The monoisotopic (exact) mass is 531 g/mol. The maximum Gasteiger partial charge on any atom is 0.251 e. The fraction of sp³-hybridized carbons (Fsp3) is 0.0909. The number of aryl methyl sites for hydroxylation is 2. The molecule has 1 N–H and O–H groups in total. The van der Waals surface area contributed by atoms with E-state index in [0.717, 1.165) is 33.2 Å². The van der Waals surface area contributed by atoms with Gasteiger partial charge in [0, 0.05) is 30.6 Å². The number of imidazole rings is 1. The van der Waals surface area contributed by atoms with Crippen LogP contribution in [0, 0.1) is 0 Å². The molecule has 0 aliphatic carbocycles. The maximum absolute atomic E-state index is 13.0. The Hall–Kier alpha value is -4.45. The zero-order valence-corrected chi connectivity index (χ0v) is 22.3. The molecule has 0 saturated heterocycles. The number of nitrogens with zero attached hydrogens (tertiary/aromatic N) is 3. The maximum atomic E-state index is 13.0. The van der Waals surface area contributed by atoms with Crippen molar-refractivity contribution in [3.8, 4) is 22.3 Å². The second kappa shape index (κ2) is 9.70. The van der Waals surface area contributed by atoms with Gasteiger partial charge in [-0.15, -0.1) is 0 Å². The molecule has 1 unspecified atom stereocenters. The minimum Gasteiger partial charge on any atom is -0.374 e. The third-order valence-electron chi connectivity index (χ3n) is 7.39. The summed E-state index contributed by atoms with van der Waals surface area (Å²) in [6, 6.07) is 32.9. The van der Waals surface area contributed by atoms with Crippen LogP contribution in [0.25, 0.3) is 33.2 Å². The standard InChI is InChI=1S/C33H26ClN3O2/c1-36-21-35-20-31(36)33(39,25-11-14-27(34)15-12-25)26-13-16-30-29(18-26)28(19-32(38)37(30)2)24-10-6-9-23(17-24)22-7-4-3-5-8-22/h3-21,39H,1-2H3. The summed E-state index contributed by atoms with van der Waals surface area (Å²) in [5.74, 6) is 0. The van der Waals surface area contributed by atoms with Crippen molar-refractivity contribution < 1.29 is 5.11 Å². The smallest absolute Gasteiger partial charge is 0.251 e. The van der Waals surface area contributed by atoms with Crippen LogP contribution in [-0.2, 0) is 19.7 Å². The van der Waals surface area contributed by atoms with Gasteiger partial charge >= 0.3 is 0 Å². The molecule has 6 aromatic rings. The Morgan fingerprint density at radius 2 is 1.46 bits per heavy atom. The average Bonchev–Trinajstić information content (AvgIpc) is 3.41. The van der Waals surface area contributed by atoms with Crippen LogP contribution >= 0.6 is 11.6 Å². The van der Waals surface area contributed by atoms with Crippen LogP contribution < -0.4 is 5.56 Å². The first kappa shape index (κ1) is 24.9. The molecule has 0 saturated carbocycles. The minimum atomic E-state index is -1.51. The Bertz CT molecular complexity index is 1870. The molecule has 2 aromatic heterocycles. The van der Waals surface area contributed by atoms with E-state index < -0.39 is 5.60 Å². The number of benzene rings is 4. The fourth-order valence-corrected chi connectivity index (χ4v) is 5.41. The quantitative estimate of drug-likeness (QED) is 0.274. The number of hydrogen-bond acceptors (Lipinski definition) is 3. The van der Waals surface area contributed by atoms with Crippen LogP contribution in [0.15, 0.2) is 120 Å². The lowest BCUT2D eigenvalue weighted by Gasteiger charge is -2.30. The average molecular weight is 532 g/mol. The zero-order chi connectivity index (χ0) is 27.1. The van der Waals surface area contributed by atoms with E-state index in [2.05, 4.69) is 29.2 Å². The molecule has 192 valence electrons. The number of fused-ring (bicyclic) bond motifs is 1. The fourth-order valence-electron chi connectivity index (χ4n) is 5.28. The molecule has 2 heterocycles. The minimum absolute atomic E-state index is 0.102. The predicted molar refractivity (Wildman–Crippen MR) is 157 cm³/mol. The molecule has 0 aliphatic heterocycles. The number of pyridine rings is 1. The summed E-state index contributed by atoms with van der Waals surface area (Å²) < 4.78 is 3.44. The predicted octanol–water partition coefficient (Wildman–Crippen LogP) is 6.54. The first-order valence-electron chi connectivity index (χ1n) is 12.6. The Balaban J connectivity index is 1.61. The van der Waals surface area contributed by atoms with Gasteiger partial charge in [-0.2, -0.15) is 0 Å². The molecule has 0 amide bonds. The van der Waals surface area contributed by atoms with Crippen LogP contribution in [0.2, 0.25) is 5.02 Å². The molecule has 4 aromatic carbocycles. The van der Waals surface area contributed by atoms with Gasteiger partial charge in [0.15, 0.2) is 5.60 Å². The number of aromatic nitrogens is 3. The summed E-state index contributed by atoms with van der Waals surface area (Å²) in [6.07, 6.45) is 3.34. The van der Waals surface area contributed by atoms with E-state index in [1.54, 1.807) is 42.3 Å². The molecule has 6 rings (SSSR count). The summed E-state index contributed by atoms with van der Waals surface area (Å²) >= 11 is 6.19. The molecular weight excluding hydrogens is 506 g/mol. The molecule has 39 heavy (non-hydrogen) atoms. The van der Waals surface area contributed by atoms with Gasteiger partial charge in [-0.05, 0) is 63.7 Å². The van der Waals surface area contributed by atoms with E-state index in [4.69, 9.17) is 11.6 Å². The zero-order valence-electron chi connectivity index (χ0n) is 21.5. The molecule has 0 aliphatic rings. The van der Waals surface area contributed by atoms with Crippen molar-refractivity contribution in [2.24, 2.45) is 14.1 Å². The van der Waals surface area contributed by atoms with Crippen molar-refractivity contribution in [1.82, 2.24) is 14.1 Å². The van der Waals surface area contributed by atoms with Crippen LogP contribution in [0.1, 0.15) is 16.8 Å². The Labute approximate surface area is 231 Å². The van der Waals surface area contributed by atoms with Gasteiger partial charge in [0.05, 0.1) is 23.7 Å². The largest absolute Gasteiger partial charge is 0.374 e. The van der Waals surface area contributed by atoms with Gasteiger partial charge < -0.3 is 14.2 Å². The summed E-state index contributed by atoms with van der Waals surface area (Å²) in [7, 11) is 3.62. The molecule has 6 heteroatoms. The molecule has 1 atom stereocenters. The van der Waals surface area contributed by atoms with Crippen LogP contribution in [-0.4, -0.2) is 19.2 Å². The van der Waals surface area contributed by atoms with Crippen LogP contribution in [0.4, 0.5) is 0 Å². The highest BCUT2D eigenvalue weighted by Crippen LogP contribution is 2.39. The summed E-state index contributed by atoms with van der Waals surface area (Å²) in [5.41, 5.74) is 4.97. The molecule has 0 bridgehead atoms. The van der Waals surface area contributed by atoms with Gasteiger partial charge in [-0.3, -0.25) is 4.79 Å². The summed E-state index contributed by atoms with van der Waals surface area (Å²) in [5, 5.41) is 13.9. The van der Waals surface area contributed by atoms with Crippen molar-refractivity contribution in [1.29, 1.82) is 0 Å². The highest BCUT2D eigenvalue weighted by molar-refractivity contribution is 6.30. The molecular formula is C33H26ClN3O2. The van der Waals surface area contributed by atoms with E-state index >= 15 is 0 Å². The molecule has 5 nitrogen and oxygen atoms in total. The van der Waals surface area contributed by atoms with Crippen molar-refractivity contribution in [2.75, 3.05) is 0 Å². The van der Waals surface area contributed by atoms with E-state index in [1.807, 2.05) is 72.3 Å². The summed E-state index contributed by atoms with van der Waals surface area (Å²) in [6.45, 7) is 0. The Morgan fingerprint density at radius 1 is 0.769 bits per heavy atom. The number of rotatable bonds is 5. The highest BCUT2D eigenvalue weighted by atomic mass is 35.5. The van der Waals surface area contributed by atoms with Gasteiger partial charge in [-0.25, -0.2) is 4.98 Å². The number of halogens is 1. The lowest BCUT2D eigenvalue weighted by molar-refractivity contribution is 0.117. The van der Waals surface area contributed by atoms with Gasteiger partial charge in [0.25, 0.3) is 5.56 Å². The summed E-state index contributed by atoms with van der Waals surface area (Å²) in [4.78, 5) is 17.3. The highest BCUT2D eigenvalue weighted by Gasteiger charge is 2.37. The van der Waals surface area contributed by atoms with Gasteiger partial charge in [0.1, 0.15) is 0 Å². The molecule has 0 radical (unpaired) electrons. The molecule has 0 fully saturated rings. The van der Waals surface area contributed by atoms with E-state index in [1.165, 1.54) is 0 Å². The topological polar surface area (TPSA) is 60.0 Å². The third-order valence-corrected chi connectivity index (χ3v) is 7.65. The lowest BCUT2D eigenvalue weighted by atomic mass is 9.82. The van der Waals surface area contributed by atoms with Crippen LogP contribution in [0.5, 0.6) is 0 Å². The normalized spacial score (nSPS) is 12.9. The number of aliphatic hydroxyl groups is 1. The second-order valence-electron chi connectivity index (χ2n) is 9.74. The lowest BCUT2D eigenvalue weighted by Crippen LogP contribution is -2.31. The van der Waals surface area contributed by atoms with Crippen molar-refractivity contribution in [3.05, 3.63) is 148 Å². The van der Waals surface area contributed by atoms with Crippen LogP contribution in [0.3, 0.4) is 0 Å². The number of hydrogen-bond donors (Lipinski definition) is 1. The first-order valence-corrected chi connectivity index (χ1v) is 13.0. The third kappa shape index (κ3) is 4.26. The van der Waals surface area contributed by atoms with Crippen molar-refractivity contribution in [2.45, 2.75) is 5.60 Å². The van der Waals surface area contributed by atoms with E-state index in [0.29, 0.717) is 21.8 Å². The molecule has 0 spiro atoms. The Kier molecular flexibility index (Phi) is 6.18. The van der Waals surface area contributed by atoms with Gasteiger partial charge in [0.2, 0.25) is 0 Å².